The molecular formula is C14H24. The van der Waals surface area contributed by atoms with Crippen molar-refractivity contribution in [1.82, 2.24) is 0 Å². The minimum absolute atomic E-state index is 0.356. The van der Waals surface area contributed by atoms with Gasteiger partial charge in [0, 0.05) is 0 Å². The second-order valence-electron chi connectivity index (χ2n) is 6.04. The van der Waals surface area contributed by atoms with Crippen molar-refractivity contribution in [2.75, 3.05) is 0 Å². The molecule has 0 heteroatoms. The highest BCUT2D eigenvalue weighted by molar-refractivity contribution is 5.17. The van der Waals surface area contributed by atoms with Crippen LogP contribution in [0.4, 0.5) is 0 Å². The summed E-state index contributed by atoms with van der Waals surface area (Å²) in [4.78, 5) is 0. The Kier molecular flexibility index (Phi) is 2.94. The van der Waals surface area contributed by atoms with Gasteiger partial charge in [0.15, 0.2) is 0 Å². The van der Waals surface area contributed by atoms with Gasteiger partial charge in [-0.2, -0.15) is 0 Å². The van der Waals surface area contributed by atoms with Gasteiger partial charge in [0.1, 0.15) is 0 Å². The van der Waals surface area contributed by atoms with Crippen LogP contribution in [0.2, 0.25) is 0 Å². The van der Waals surface area contributed by atoms with E-state index in [1.54, 1.807) is 0 Å². The molecule has 1 rings (SSSR count). The Balaban J connectivity index is 2.86. The predicted molar refractivity (Wildman–Crippen MR) is 64.3 cm³/mol. The van der Waals surface area contributed by atoms with Gasteiger partial charge in [-0.15, -0.1) is 6.58 Å². The number of allylic oxidation sites excluding steroid dienone is 2. The first-order chi connectivity index (χ1) is 6.27. The maximum absolute atomic E-state index is 4.19. The van der Waals surface area contributed by atoms with Crippen LogP contribution >= 0.6 is 0 Å². The third kappa shape index (κ3) is 2.29. The second-order valence-corrected chi connectivity index (χ2v) is 6.04. The Morgan fingerprint density at radius 1 is 1.14 bits per heavy atom. The van der Waals surface area contributed by atoms with Crippen molar-refractivity contribution in [2.45, 2.75) is 53.4 Å². The van der Waals surface area contributed by atoms with Gasteiger partial charge < -0.3 is 0 Å². The van der Waals surface area contributed by atoms with E-state index in [0.717, 1.165) is 6.42 Å². The molecule has 14 heavy (non-hydrogen) atoms. The van der Waals surface area contributed by atoms with E-state index in [9.17, 15) is 0 Å². The van der Waals surface area contributed by atoms with Gasteiger partial charge in [-0.25, -0.2) is 0 Å². The SMILES string of the molecule is C=C(C)CC1(C(=C)C)CCC(C)(C)C1. The van der Waals surface area contributed by atoms with Gasteiger partial charge in [0.2, 0.25) is 0 Å². The Morgan fingerprint density at radius 2 is 1.71 bits per heavy atom. The van der Waals surface area contributed by atoms with Gasteiger partial charge in [-0.1, -0.05) is 31.6 Å². The lowest BCUT2D eigenvalue weighted by molar-refractivity contribution is 0.297. The molecule has 1 atom stereocenters. The number of hydrogen-bond acceptors (Lipinski definition) is 0. The summed E-state index contributed by atoms with van der Waals surface area (Å²) >= 11 is 0. The van der Waals surface area contributed by atoms with Crippen molar-refractivity contribution in [3.05, 3.63) is 24.3 Å². The molecule has 1 aliphatic rings. The molecule has 0 spiro atoms. The third-order valence-corrected chi connectivity index (χ3v) is 3.64. The fraction of sp³-hybridized carbons (Fsp3) is 0.714. The molecule has 0 bridgehead atoms. The van der Waals surface area contributed by atoms with E-state index in [0.29, 0.717) is 10.8 Å². The topological polar surface area (TPSA) is 0 Å². The smallest absolute Gasteiger partial charge is 0.00514 e. The highest BCUT2D eigenvalue weighted by Gasteiger charge is 2.43. The van der Waals surface area contributed by atoms with Crippen LogP contribution in [-0.2, 0) is 0 Å². The molecule has 1 saturated carbocycles. The average Bonchev–Trinajstić information content (AvgIpc) is 2.26. The fourth-order valence-corrected chi connectivity index (χ4v) is 2.91. The van der Waals surface area contributed by atoms with Crippen molar-refractivity contribution in [2.24, 2.45) is 10.8 Å². The van der Waals surface area contributed by atoms with E-state index in [4.69, 9.17) is 0 Å². The molecule has 0 aromatic heterocycles. The van der Waals surface area contributed by atoms with E-state index < -0.39 is 0 Å². The summed E-state index contributed by atoms with van der Waals surface area (Å²) in [5.74, 6) is 0. The highest BCUT2D eigenvalue weighted by Crippen LogP contribution is 2.55. The van der Waals surface area contributed by atoms with E-state index in [1.165, 1.54) is 30.4 Å². The Bertz CT molecular complexity index is 257. The van der Waals surface area contributed by atoms with Crippen LogP contribution in [0, 0.1) is 10.8 Å². The van der Waals surface area contributed by atoms with Crippen molar-refractivity contribution < 1.29 is 0 Å². The molecule has 0 aliphatic heterocycles. The van der Waals surface area contributed by atoms with Crippen LogP contribution in [0.1, 0.15) is 53.4 Å². The fourth-order valence-electron chi connectivity index (χ4n) is 2.91. The van der Waals surface area contributed by atoms with Crippen molar-refractivity contribution >= 4 is 0 Å². The summed E-state index contributed by atoms with van der Waals surface area (Å²) in [6, 6.07) is 0. The summed E-state index contributed by atoms with van der Waals surface area (Å²) in [6.07, 6.45) is 5.03. The first-order valence-electron chi connectivity index (χ1n) is 5.58. The lowest BCUT2D eigenvalue weighted by Crippen LogP contribution is -2.20. The minimum atomic E-state index is 0.356. The van der Waals surface area contributed by atoms with Crippen molar-refractivity contribution in [1.29, 1.82) is 0 Å². The van der Waals surface area contributed by atoms with E-state index >= 15 is 0 Å². The molecule has 0 N–H and O–H groups in total. The second kappa shape index (κ2) is 3.56. The zero-order valence-electron chi connectivity index (χ0n) is 10.2. The summed E-state index contributed by atoms with van der Waals surface area (Å²) in [5.41, 5.74) is 3.50. The Hall–Kier alpha value is -0.520. The first-order valence-corrected chi connectivity index (χ1v) is 5.58. The zero-order chi connectivity index (χ0) is 11.0. The summed E-state index contributed by atoms with van der Waals surface area (Å²) in [5, 5.41) is 0. The molecule has 0 aromatic rings. The van der Waals surface area contributed by atoms with E-state index in [2.05, 4.69) is 40.9 Å². The molecule has 0 aromatic carbocycles. The molecule has 0 radical (unpaired) electrons. The van der Waals surface area contributed by atoms with Gasteiger partial charge >= 0.3 is 0 Å². The van der Waals surface area contributed by atoms with Gasteiger partial charge in [-0.05, 0) is 50.4 Å². The maximum Gasteiger partial charge on any atom is -0.00514 e. The molecule has 0 saturated heterocycles. The third-order valence-electron chi connectivity index (χ3n) is 3.64. The first kappa shape index (κ1) is 11.6. The highest BCUT2D eigenvalue weighted by atomic mass is 14.5. The van der Waals surface area contributed by atoms with E-state index in [-0.39, 0.29) is 0 Å². The van der Waals surface area contributed by atoms with Gasteiger partial charge in [0.25, 0.3) is 0 Å². The molecular weight excluding hydrogens is 168 g/mol. The van der Waals surface area contributed by atoms with Crippen molar-refractivity contribution in [3.63, 3.8) is 0 Å². The van der Waals surface area contributed by atoms with Gasteiger partial charge in [-0.3, -0.25) is 0 Å². The molecule has 0 heterocycles. The molecule has 1 fully saturated rings. The normalized spacial score (nSPS) is 30.3. The van der Waals surface area contributed by atoms with Crippen LogP contribution < -0.4 is 0 Å². The average molecular weight is 192 g/mol. The maximum atomic E-state index is 4.19. The monoisotopic (exact) mass is 192 g/mol. The summed E-state index contributed by atoms with van der Waals surface area (Å²) in [7, 11) is 0. The number of rotatable bonds is 3. The summed E-state index contributed by atoms with van der Waals surface area (Å²) in [6.45, 7) is 17.3. The largest absolute Gasteiger partial charge is 0.100 e. The zero-order valence-corrected chi connectivity index (χ0v) is 10.2. The predicted octanol–water partition coefficient (Wildman–Crippen LogP) is 4.73. The van der Waals surface area contributed by atoms with Crippen LogP contribution in [-0.4, -0.2) is 0 Å². The minimum Gasteiger partial charge on any atom is -0.100 e. The van der Waals surface area contributed by atoms with Gasteiger partial charge in [0.05, 0.1) is 0 Å². The molecule has 1 aliphatic carbocycles. The quantitative estimate of drug-likeness (QED) is 0.567. The van der Waals surface area contributed by atoms with Crippen LogP contribution in [0.15, 0.2) is 24.3 Å². The van der Waals surface area contributed by atoms with E-state index in [1.807, 2.05) is 0 Å². The van der Waals surface area contributed by atoms with Crippen LogP contribution in [0.5, 0.6) is 0 Å². The Labute approximate surface area is 89.1 Å². The van der Waals surface area contributed by atoms with Crippen molar-refractivity contribution in [3.8, 4) is 0 Å². The lowest BCUT2D eigenvalue weighted by atomic mass is 9.73. The lowest BCUT2D eigenvalue weighted by Gasteiger charge is -2.32. The molecule has 80 valence electrons. The van der Waals surface area contributed by atoms with Crippen LogP contribution in [0.3, 0.4) is 0 Å². The molecule has 1 unspecified atom stereocenters. The van der Waals surface area contributed by atoms with Crippen LogP contribution in [0.25, 0.3) is 0 Å². The number of hydrogen-bond donors (Lipinski definition) is 0. The standard InChI is InChI=1S/C14H24/c1-11(2)9-14(12(3)4)8-7-13(5,6)10-14/h1,3,7-10H2,2,4-6H3. The molecule has 0 amide bonds. The molecule has 0 nitrogen and oxygen atoms in total. The summed E-state index contributed by atoms with van der Waals surface area (Å²) < 4.78 is 0. The Morgan fingerprint density at radius 3 is 2.00 bits per heavy atom.